The Kier molecular flexibility index (Phi) is 2.69. The van der Waals surface area contributed by atoms with Crippen LogP contribution in [0, 0.1) is 6.92 Å². The highest BCUT2D eigenvalue weighted by Gasteiger charge is 2.24. The topological polar surface area (TPSA) is 68.6 Å². The van der Waals surface area contributed by atoms with E-state index in [1.807, 2.05) is 26.0 Å². The molecule has 0 saturated carbocycles. The smallest absolute Gasteiger partial charge is 0.199 e. The number of fused-ring (bicyclic) bond motifs is 3. The molecule has 0 amide bonds. The zero-order valence-electron chi connectivity index (χ0n) is 13.1. The molecule has 0 aliphatic carbocycles. The molecule has 1 aliphatic rings. The number of aryl methyl sites for hydroxylation is 1. The molecule has 6 nitrogen and oxygen atoms in total. The molecule has 3 aromatic rings. The third kappa shape index (κ3) is 1.87. The second-order valence-corrected chi connectivity index (χ2v) is 6.02. The number of hydrogen-bond donors (Lipinski definition) is 0. The van der Waals surface area contributed by atoms with Crippen molar-refractivity contribution >= 4 is 17.0 Å². The lowest BCUT2D eigenvalue weighted by Gasteiger charge is -2.04. The Morgan fingerprint density at radius 3 is 2.68 bits per heavy atom. The van der Waals surface area contributed by atoms with Crippen LogP contribution in [0.2, 0.25) is 0 Å². The average Bonchev–Trinajstić information content (AvgIpc) is 3.13. The molecule has 0 saturated heterocycles. The zero-order chi connectivity index (χ0) is 15.4. The van der Waals surface area contributed by atoms with E-state index in [1.165, 1.54) is 0 Å². The van der Waals surface area contributed by atoms with Crippen LogP contribution in [0.1, 0.15) is 44.0 Å². The van der Waals surface area contributed by atoms with Crippen LogP contribution >= 0.6 is 0 Å². The first-order valence-electron chi connectivity index (χ1n) is 7.43. The van der Waals surface area contributed by atoms with Crippen molar-refractivity contribution in [3.63, 3.8) is 0 Å². The van der Waals surface area contributed by atoms with Crippen LogP contribution in [0.15, 0.2) is 21.5 Å². The maximum Gasteiger partial charge on any atom is 0.199 e. The molecule has 0 aromatic carbocycles. The first kappa shape index (κ1) is 13.2. The minimum Gasteiger partial charge on any atom is -0.458 e. The normalized spacial score (nSPS) is 14.0. The first-order chi connectivity index (χ1) is 10.5. The van der Waals surface area contributed by atoms with Gasteiger partial charge in [0.15, 0.2) is 23.1 Å². The lowest BCUT2D eigenvalue weighted by atomic mass is 10.2. The van der Waals surface area contributed by atoms with E-state index in [0.717, 1.165) is 40.7 Å². The van der Waals surface area contributed by atoms with E-state index >= 15 is 0 Å². The van der Waals surface area contributed by atoms with Crippen molar-refractivity contribution in [2.45, 2.75) is 40.0 Å². The van der Waals surface area contributed by atoms with Gasteiger partial charge in [-0.15, -0.1) is 5.10 Å². The Bertz CT molecular complexity index is 916. The molecular weight excluding hydrogens is 278 g/mol. The van der Waals surface area contributed by atoms with Crippen molar-refractivity contribution in [2.75, 3.05) is 0 Å². The molecule has 112 valence electrons. The van der Waals surface area contributed by atoms with E-state index in [-0.39, 0.29) is 5.92 Å². The molecule has 0 N–H and O–H groups in total. The molecule has 22 heavy (non-hydrogen) atoms. The number of hydrogen-bond acceptors (Lipinski definition) is 5. The van der Waals surface area contributed by atoms with Crippen molar-refractivity contribution in [3.05, 3.63) is 29.4 Å². The van der Waals surface area contributed by atoms with E-state index in [1.54, 1.807) is 4.52 Å². The van der Waals surface area contributed by atoms with Crippen molar-refractivity contribution in [1.29, 1.82) is 0 Å². The lowest BCUT2D eigenvalue weighted by Crippen LogP contribution is -2.02. The highest BCUT2D eigenvalue weighted by atomic mass is 16.3. The van der Waals surface area contributed by atoms with Gasteiger partial charge < -0.3 is 4.42 Å². The molecule has 0 spiro atoms. The van der Waals surface area contributed by atoms with Gasteiger partial charge in [0.25, 0.3) is 0 Å². The van der Waals surface area contributed by atoms with Crippen LogP contribution in [0.5, 0.6) is 0 Å². The number of nitrogens with zero attached hydrogens (tertiary/aromatic N) is 5. The minimum atomic E-state index is 0.244. The number of aromatic nitrogens is 4. The summed E-state index contributed by atoms with van der Waals surface area (Å²) >= 11 is 0. The molecule has 0 fully saturated rings. The Balaban J connectivity index is 2.05. The molecule has 4 rings (SSSR count). The van der Waals surface area contributed by atoms with Gasteiger partial charge in [0.05, 0.1) is 5.69 Å². The van der Waals surface area contributed by atoms with Gasteiger partial charge in [-0.25, -0.2) is 9.97 Å². The summed E-state index contributed by atoms with van der Waals surface area (Å²) < 4.78 is 7.50. The number of furan rings is 1. The SMILES string of the molecule is CC1=Nc2c(nc(-c3ccc(C)o3)n3nc(C(C)C)nc23)C1. The molecule has 0 radical (unpaired) electrons. The van der Waals surface area contributed by atoms with E-state index in [9.17, 15) is 0 Å². The monoisotopic (exact) mass is 295 g/mol. The number of rotatable bonds is 2. The highest BCUT2D eigenvalue weighted by molar-refractivity contribution is 5.94. The fraction of sp³-hybridized carbons (Fsp3) is 0.375. The first-order valence-corrected chi connectivity index (χ1v) is 7.43. The maximum absolute atomic E-state index is 5.75. The Morgan fingerprint density at radius 2 is 2.00 bits per heavy atom. The molecule has 4 heterocycles. The van der Waals surface area contributed by atoms with E-state index < -0.39 is 0 Å². The van der Waals surface area contributed by atoms with Gasteiger partial charge in [0.2, 0.25) is 0 Å². The molecule has 3 aromatic heterocycles. The highest BCUT2D eigenvalue weighted by Crippen LogP contribution is 2.33. The summed E-state index contributed by atoms with van der Waals surface area (Å²) in [5, 5.41) is 4.61. The second kappa shape index (κ2) is 4.50. The summed E-state index contributed by atoms with van der Waals surface area (Å²) in [7, 11) is 0. The van der Waals surface area contributed by atoms with Crippen LogP contribution in [-0.4, -0.2) is 25.3 Å². The molecule has 0 bridgehead atoms. The summed E-state index contributed by atoms with van der Waals surface area (Å²) in [4.78, 5) is 14.0. The fourth-order valence-electron chi connectivity index (χ4n) is 2.66. The van der Waals surface area contributed by atoms with Gasteiger partial charge >= 0.3 is 0 Å². The molecule has 1 aliphatic heterocycles. The molecule has 0 atom stereocenters. The molecule has 6 heteroatoms. The van der Waals surface area contributed by atoms with Gasteiger partial charge in [-0.2, -0.15) is 4.52 Å². The standard InChI is InChI=1S/C16H17N5O/c1-8(2)14-19-16-13-11(7-9(3)17-13)18-15(21(16)20-14)12-6-5-10(4)22-12/h5-6,8H,7H2,1-4H3. The maximum atomic E-state index is 5.75. The van der Waals surface area contributed by atoms with Gasteiger partial charge in [0.1, 0.15) is 11.4 Å². The van der Waals surface area contributed by atoms with E-state index in [4.69, 9.17) is 9.40 Å². The van der Waals surface area contributed by atoms with Crippen LogP contribution in [-0.2, 0) is 6.42 Å². The predicted octanol–water partition coefficient (Wildman–Crippen LogP) is 3.46. The van der Waals surface area contributed by atoms with Crippen molar-refractivity contribution < 1.29 is 4.42 Å². The minimum absolute atomic E-state index is 0.244. The summed E-state index contributed by atoms with van der Waals surface area (Å²) in [5.74, 6) is 3.27. The fourth-order valence-corrected chi connectivity index (χ4v) is 2.66. The van der Waals surface area contributed by atoms with Crippen LogP contribution in [0.3, 0.4) is 0 Å². The number of aliphatic imine (C=N–C) groups is 1. The van der Waals surface area contributed by atoms with Gasteiger partial charge in [-0.3, -0.25) is 4.99 Å². The van der Waals surface area contributed by atoms with Crippen LogP contribution in [0.25, 0.3) is 17.2 Å². The van der Waals surface area contributed by atoms with E-state index in [2.05, 4.69) is 28.9 Å². The van der Waals surface area contributed by atoms with Crippen molar-refractivity contribution in [1.82, 2.24) is 19.6 Å². The third-order valence-corrected chi connectivity index (χ3v) is 3.75. The van der Waals surface area contributed by atoms with Gasteiger partial charge in [0, 0.05) is 18.1 Å². The van der Waals surface area contributed by atoms with Crippen molar-refractivity contribution in [3.8, 4) is 11.6 Å². The summed E-state index contributed by atoms with van der Waals surface area (Å²) in [6.45, 7) is 8.08. The third-order valence-electron chi connectivity index (χ3n) is 3.75. The lowest BCUT2D eigenvalue weighted by molar-refractivity contribution is 0.541. The van der Waals surface area contributed by atoms with Crippen molar-refractivity contribution in [2.24, 2.45) is 4.99 Å². The zero-order valence-corrected chi connectivity index (χ0v) is 13.1. The molecule has 0 unspecified atom stereocenters. The largest absolute Gasteiger partial charge is 0.458 e. The summed E-state index contributed by atoms with van der Waals surface area (Å²) in [5.41, 5.74) is 3.58. The Labute approximate surface area is 127 Å². The quantitative estimate of drug-likeness (QED) is 0.726. The summed E-state index contributed by atoms with van der Waals surface area (Å²) in [6, 6.07) is 3.85. The average molecular weight is 295 g/mol. The summed E-state index contributed by atoms with van der Waals surface area (Å²) in [6.07, 6.45) is 0.752. The van der Waals surface area contributed by atoms with Gasteiger partial charge in [-0.1, -0.05) is 13.8 Å². The van der Waals surface area contributed by atoms with E-state index in [0.29, 0.717) is 11.6 Å². The van der Waals surface area contributed by atoms with Crippen LogP contribution in [0.4, 0.5) is 5.69 Å². The predicted molar refractivity (Wildman–Crippen MR) is 83.8 cm³/mol. The Hall–Kier alpha value is -2.50. The Morgan fingerprint density at radius 1 is 1.18 bits per heavy atom. The van der Waals surface area contributed by atoms with Gasteiger partial charge in [-0.05, 0) is 26.0 Å². The molecular formula is C16H17N5O. The second-order valence-electron chi connectivity index (χ2n) is 6.02. The van der Waals surface area contributed by atoms with Crippen LogP contribution < -0.4 is 0 Å².